The molecule has 5 rings (SSSR count). The Kier molecular flexibility index (Phi) is 7.44. The van der Waals surface area contributed by atoms with Crippen LogP contribution in [0.25, 0.3) is 0 Å². The van der Waals surface area contributed by atoms with Crippen molar-refractivity contribution in [3.05, 3.63) is 63.3 Å². The molecule has 0 spiro atoms. The van der Waals surface area contributed by atoms with Crippen LogP contribution < -0.4 is 16.2 Å². The van der Waals surface area contributed by atoms with Crippen molar-refractivity contribution in [3.63, 3.8) is 0 Å². The predicted molar refractivity (Wildman–Crippen MR) is 151 cm³/mol. The molecule has 38 heavy (non-hydrogen) atoms. The lowest BCUT2D eigenvalue weighted by molar-refractivity contribution is -0.0695. The number of fused-ring (bicyclic) bond motifs is 1. The number of anilines is 1. The van der Waals surface area contributed by atoms with Gasteiger partial charge >= 0.3 is 0 Å². The van der Waals surface area contributed by atoms with Crippen LogP contribution >= 0.6 is 9.24 Å². The van der Waals surface area contributed by atoms with Crippen LogP contribution in [0.3, 0.4) is 0 Å². The van der Waals surface area contributed by atoms with E-state index in [2.05, 4.69) is 31.8 Å². The van der Waals surface area contributed by atoms with Crippen LogP contribution in [0.15, 0.2) is 35.3 Å². The number of hydrogen-bond acceptors (Lipinski definition) is 5. The molecule has 9 heteroatoms. The second-order valence-electron chi connectivity index (χ2n) is 12.1. The zero-order valence-electron chi connectivity index (χ0n) is 23.0. The third kappa shape index (κ3) is 5.41. The maximum absolute atomic E-state index is 15.2. The van der Waals surface area contributed by atoms with E-state index in [-0.39, 0.29) is 40.6 Å². The van der Waals surface area contributed by atoms with Gasteiger partial charge in [-0.25, -0.2) is 4.39 Å². The third-order valence-electron chi connectivity index (χ3n) is 8.45. The molecule has 2 aromatic rings. The highest BCUT2D eigenvalue weighted by atomic mass is 31.0. The van der Waals surface area contributed by atoms with E-state index in [1.807, 2.05) is 26.8 Å². The van der Waals surface area contributed by atoms with Gasteiger partial charge in [0.2, 0.25) is 0 Å². The number of benzene rings is 1. The van der Waals surface area contributed by atoms with Crippen LogP contribution in [0.4, 0.5) is 10.1 Å². The Labute approximate surface area is 226 Å². The number of carbonyl (C=O) groups excluding carboxylic acids is 1. The quantitative estimate of drug-likeness (QED) is 0.504. The normalized spacial score (nSPS) is 27.9. The maximum Gasteiger partial charge on any atom is 0.255 e. The van der Waals surface area contributed by atoms with Gasteiger partial charge in [-0.05, 0) is 63.7 Å². The number of halogens is 1. The minimum Gasteiger partial charge on any atom is -0.381 e. The molecule has 206 valence electrons. The first-order valence-electron chi connectivity index (χ1n) is 13.6. The predicted octanol–water partition coefficient (Wildman–Crippen LogP) is 4.52. The van der Waals surface area contributed by atoms with Crippen molar-refractivity contribution in [2.24, 2.45) is 11.8 Å². The summed E-state index contributed by atoms with van der Waals surface area (Å²) in [5.41, 5.74) is 1.49. The molecule has 4 unspecified atom stereocenters. The van der Waals surface area contributed by atoms with Gasteiger partial charge in [0, 0.05) is 49.6 Å². The lowest BCUT2D eigenvalue weighted by Gasteiger charge is -2.36. The molecule has 2 N–H and O–H groups in total. The SMILES string of the molecule is CC(P)c1cccc([C@@H](C)NC(=O)c2cn([C@H]3CCOC(C)(C)C3)c(=O)cc2NC2C3CN(C)CC32)c1F. The Hall–Kier alpha value is -2.28. The second-order valence-corrected chi connectivity index (χ2v) is 13.1. The number of nitrogens with one attached hydrogen (secondary N) is 2. The maximum atomic E-state index is 15.2. The molecule has 1 aromatic heterocycles. The molecule has 1 aromatic carbocycles. The molecule has 1 amide bonds. The summed E-state index contributed by atoms with van der Waals surface area (Å²) in [6.07, 6.45) is 3.08. The molecule has 1 aliphatic carbocycles. The van der Waals surface area contributed by atoms with Crippen LogP contribution in [-0.4, -0.2) is 53.8 Å². The number of piperidine rings is 1. The average Bonchev–Trinajstić information content (AvgIpc) is 3.27. The number of likely N-dealkylation sites (tertiary alicyclic amines) is 1. The number of rotatable bonds is 7. The molecule has 0 radical (unpaired) electrons. The highest BCUT2D eigenvalue weighted by Gasteiger charge is 2.55. The summed E-state index contributed by atoms with van der Waals surface area (Å²) in [7, 11) is 4.73. The van der Waals surface area contributed by atoms with E-state index < -0.39 is 6.04 Å². The van der Waals surface area contributed by atoms with Gasteiger partial charge in [-0.2, -0.15) is 0 Å². The average molecular weight is 543 g/mol. The Morgan fingerprint density at radius 3 is 2.55 bits per heavy atom. The molecule has 0 bridgehead atoms. The Morgan fingerprint density at radius 1 is 1.21 bits per heavy atom. The minimum atomic E-state index is -0.546. The highest BCUT2D eigenvalue weighted by Crippen LogP contribution is 2.47. The molecule has 2 saturated heterocycles. The van der Waals surface area contributed by atoms with E-state index in [4.69, 9.17) is 4.74 Å². The van der Waals surface area contributed by atoms with Gasteiger partial charge in [0.1, 0.15) is 5.82 Å². The van der Waals surface area contributed by atoms with Gasteiger partial charge < -0.3 is 24.8 Å². The fraction of sp³-hybridized carbons (Fsp3) is 0.586. The summed E-state index contributed by atoms with van der Waals surface area (Å²) in [5.74, 6) is 0.427. The Morgan fingerprint density at radius 2 is 1.89 bits per heavy atom. The largest absolute Gasteiger partial charge is 0.381 e. The van der Waals surface area contributed by atoms with E-state index >= 15 is 4.39 Å². The molecule has 3 heterocycles. The monoisotopic (exact) mass is 542 g/mol. The van der Waals surface area contributed by atoms with E-state index in [0.29, 0.717) is 53.7 Å². The van der Waals surface area contributed by atoms with E-state index in [0.717, 1.165) is 13.1 Å². The second kappa shape index (κ2) is 10.4. The first kappa shape index (κ1) is 27.3. The molecule has 2 aliphatic heterocycles. The Bertz CT molecular complexity index is 1270. The van der Waals surface area contributed by atoms with Crippen molar-refractivity contribution in [3.8, 4) is 0 Å². The van der Waals surface area contributed by atoms with Crippen molar-refractivity contribution in [2.45, 2.75) is 69.9 Å². The van der Waals surface area contributed by atoms with E-state index in [9.17, 15) is 9.59 Å². The number of amides is 1. The van der Waals surface area contributed by atoms with Crippen LogP contribution in [0.1, 0.15) is 79.8 Å². The molecule has 1 saturated carbocycles. The molecular formula is C29H40FN4O3P. The zero-order valence-corrected chi connectivity index (χ0v) is 24.1. The van der Waals surface area contributed by atoms with Crippen LogP contribution in [0, 0.1) is 17.7 Å². The summed E-state index contributed by atoms with van der Waals surface area (Å²) < 4.78 is 22.8. The van der Waals surface area contributed by atoms with Gasteiger partial charge in [-0.3, -0.25) is 9.59 Å². The van der Waals surface area contributed by atoms with Gasteiger partial charge in [-0.15, -0.1) is 9.24 Å². The van der Waals surface area contributed by atoms with Crippen LogP contribution in [0.5, 0.6) is 0 Å². The lowest BCUT2D eigenvalue weighted by Crippen LogP contribution is -2.39. The van der Waals surface area contributed by atoms with Crippen molar-refractivity contribution < 1.29 is 13.9 Å². The summed E-state index contributed by atoms with van der Waals surface area (Å²) in [4.78, 5) is 29.3. The number of pyridine rings is 1. The first-order valence-corrected chi connectivity index (χ1v) is 14.3. The van der Waals surface area contributed by atoms with Crippen molar-refractivity contribution >= 4 is 20.8 Å². The number of hydrogen-bond donors (Lipinski definition) is 2. The highest BCUT2D eigenvalue weighted by molar-refractivity contribution is 7.17. The van der Waals surface area contributed by atoms with Crippen molar-refractivity contribution in [2.75, 3.05) is 32.1 Å². The number of ether oxygens (including phenoxy) is 1. The number of nitrogens with zero attached hydrogens (tertiary/aromatic N) is 2. The summed E-state index contributed by atoms with van der Waals surface area (Å²) in [6, 6.07) is 6.51. The van der Waals surface area contributed by atoms with Gasteiger partial charge in [-0.1, -0.05) is 25.1 Å². The smallest absolute Gasteiger partial charge is 0.255 e. The summed E-state index contributed by atoms with van der Waals surface area (Å²) in [6.45, 7) is 10.3. The van der Waals surface area contributed by atoms with Crippen molar-refractivity contribution in [1.82, 2.24) is 14.8 Å². The van der Waals surface area contributed by atoms with Gasteiger partial charge in [0.25, 0.3) is 11.5 Å². The lowest BCUT2D eigenvalue weighted by atomic mass is 9.93. The summed E-state index contributed by atoms with van der Waals surface area (Å²) in [5, 5.41) is 6.52. The third-order valence-corrected chi connectivity index (χ3v) is 8.81. The number of aromatic nitrogens is 1. The topological polar surface area (TPSA) is 75.6 Å². The zero-order chi connectivity index (χ0) is 27.4. The Balaban J connectivity index is 1.44. The van der Waals surface area contributed by atoms with Gasteiger partial charge in [0.05, 0.1) is 22.9 Å². The molecular weight excluding hydrogens is 502 g/mol. The van der Waals surface area contributed by atoms with Crippen molar-refractivity contribution in [1.29, 1.82) is 0 Å². The van der Waals surface area contributed by atoms with E-state index in [1.165, 1.54) is 0 Å². The molecule has 3 fully saturated rings. The fourth-order valence-electron chi connectivity index (χ4n) is 6.31. The molecule has 6 atom stereocenters. The van der Waals surface area contributed by atoms with Gasteiger partial charge in [0.15, 0.2) is 0 Å². The molecule has 7 nitrogen and oxygen atoms in total. The fourth-order valence-corrected chi connectivity index (χ4v) is 6.57. The van der Waals surface area contributed by atoms with Crippen LogP contribution in [0.2, 0.25) is 0 Å². The van der Waals surface area contributed by atoms with Crippen LogP contribution in [-0.2, 0) is 4.74 Å². The number of carbonyl (C=O) groups is 1. The molecule has 3 aliphatic rings. The minimum absolute atomic E-state index is 0.0435. The summed E-state index contributed by atoms with van der Waals surface area (Å²) >= 11 is 0. The van der Waals surface area contributed by atoms with E-state index in [1.54, 1.807) is 35.9 Å². The standard InChI is InChI=1S/C29H40FN4O3P/c1-16(19-7-6-8-20(17(2)38)26(19)30)31-28(36)23-15-34(18-9-10-37-29(3,4)12-18)25(35)11-24(23)32-27-21-13-33(5)14-22(21)27/h6-8,11,15-18,21-22,27,32H,9-10,12-14,38H2,1-5H3,(H,31,36)/t16-,17?,18+,21?,22?,27?/m1/s1. The first-order chi connectivity index (χ1) is 17.9.